The number of sulfonamides is 1. The highest BCUT2D eigenvalue weighted by Gasteiger charge is 2.18. The molecule has 0 aliphatic rings. The van der Waals surface area contributed by atoms with E-state index in [0.717, 1.165) is 11.3 Å². The number of benzene rings is 2. The van der Waals surface area contributed by atoms with Crippen molar-refractivity contribution in [3.8, 4) is 17.2 Å². The van der Waals surface area contributed by atoms with Gasteiger partial charge in [-0.2, -0.15) is 0 Å². The normalized spacial score (nSPS) is 11.3. The second-order valence-corrected chi connectivity index (χ2v) is 8.42. The molecular weight excluding hydrogens is 406 g/mol. The minimum atomic E-state index is -3.75. The second kappa shape index (κ2) is 9.10. The third-order valence-electron chi connectivity index (χ3n) is 4.36. The van der Waals surface area contributed by atoms with Gasteiger partial charge in [-0.3, -0.25) is 4.79 Å². The van der Waals surface area contributed by atoms with Crippen molar-refractivity contribution in [1.29, 1.82) is 0 Å². The lowest BCUT2D eigenvalue weighted by Crippen LogP contribution is -2.27. The Bertz CT molecular complexity index is 1140. The fourth-order valence-electron chi connectivity index (χ4n) is 2.85. The molecule has 0 saturated carbocycles. The highest BCUT2D eigenvalue weighted by atomic mass is 32.2. The molecule has 2 N–H and O–H groups in total. The second-order valence-electron chi connectivity index (χ2n) is 6.68. The molecule has 0 fully saturated rings. The minimum absolute atomic E-state index is 0.118. The molecule has 0 unspecified atom stereocenters. The number of ether oxygens (including phenoxy) is 1. The average Bonchev–Trinajstić information content (AvgIpc) is 3.18. The molecule has 30 heavy (non-hydrogen) atoms. The number of hydrogen-bond donors (Lipinski definition) is 2. The molecule has 158 valence electrons. The summed E-state index contributed by atoms with van der Waals surface area (Å²) in [5, 5.41) is 2.59. The maximum absolute atomic E-state index is 12.7. The first-order valence-corrected chi connectivity index (χ1v) is 10.7. The summed E-state index contributed by atoms with van der Waals surface area (Å²) in [6.07, 6.45) is 1.87. The van der Waals surface area contributed by atoms with Gasteiger partial charge in [0, 0.05) is 31.1 Å². The third kappa shape index (κ3) is 5.25. The van der Waals surface area contributed by atoms with Crippen LogP contribution in [0.25, 0.3) is 11.5 Å². The predicted octanol–water partition coefficient (Wildman–Crippen LogP) is 3.14. The summed E-state index contributed by atoms with van der Waals surface area (Å²) in [6.45, 7) is 3.22. The Morgan fingerprint density at radius 1 is 1.17 bits per heavy atom. The SMILES string of the molecule is COc1ccc(-c2nc(CCNS(=O)(=O)c3cc(NC(C)=O)ccc3C)co2)cc1. The van der Waals surface area contributed by atoms with Crippen molar-refractivity contribution in [2.24, 2.45) is 0 Å². The average molecular weight is 429 g/mol. The van der Waals surface area contributed by atoms with E-state index in [1.54, 1.807) is 26.2 Å². The molecule has 0 atom stereocenters. The number of aryl methyl sites for hydroxylation is 1. The molecule has 9 heteroatoms. The number of rotatable bonds is 8. The van der Waals surface area contributed by atoms with E-state index in [-0.39, 0.29) is 17.3 Å². The molecule has 0 spiro atoms. The van der Waals surface area contributed by atoms with Crippen LogP contribution in [0.4, 0.5) is 5.69 Å². The van der Waals surface area contributed by atoms with Crippen molar-refractivity contribution in [2.45, 2.75) is 25.2 Å². The van der Waals surface area contributed by atoms with E-state index in [0.29, 0.717) is 29.3 Å². The Morgan fingerprint density at radius 2 is 1.90 bits per heavy atom. The lowest BCUT2D eigenvalue weighted by Gasteiger charge is -2.11. The molecule has 2 aromatic carbocycles. The van der Waals surface area contributed by atoms with Crippen molar-refractivity contribution in [1.82, 2.24) is 9.71 Å². The van der Waals surface area contributed by atoms with Gasteiger partial charge in [-0.25, -0.2) is 18.1 Å². The summed E-state index contributed by atoms with van der Waals surface area (Å²) in [5.74, 6) is 0.918. The van der Waals surface area contributed by atoms with Crippen molar-refractivity contribution in [3.05, 3.63) is 60.0 Å². The van der Waals surface area contributed by atoms with E-state index < -0.39 is 10.0 Å². The van der Waals surface area contributed by atoms with E-state index in [1.165, 1.54) is 19.3 Å². The van der Waals surface area contributed by atoms with Gasteiger partial charge in [-0.05, 0) is 48.9 Å². The van der Waals surface area contributed by atoms with Gasteiger partial charge in [-0.15, -0.1) is 0 Å². The van der Waals surface area contributed by atoms with Crippen LogP contribution in [0.2, 0.25) is 0 Å². The van der Waals surface area contributed by atoms with Gasteiger partial charge in [0.25, 0.3) is 0 Å². The first-order valence-electron chi connectivity index (χ1n) is 9.25. The van der Waals surface area contributed by atoms with E-state index >= 15 is 0 Å². The summed E-state index contributed by atoms with van der Waals surface area (Å²) >= 11 is 0. The molecule has 3 aromatic rings. The molecule has 1 aromatic heterocycles. The number of hydrogen-bond acceptors (Lipinski definition) is 6. The number of anilines is 1. The highest BCUT2D eigenvalue weighted by molar-refractivity contribution is 7.89. The molecule has 0 saturated heterocycles. The van der Waals surface area contributed by atoms with Crippen LogP contribution in [-0.2, 0) is 21.2 Å². The zero-order valence-electron chi connectivity index (χ0n) is 16.9. The number of aromatic nitrogens is 1. The summed E-state index contributed by atoms with van der Waals surface area (Å²) in [6, 6.07) is 12.0. The maximum Gasteiger partial charge on any atom is 0.240 e. The van der Waals surface area contributed by atoms with E-state index in [4.69, 9.17) is 9.15 Å². The summed E-state index contributed by atoms with van der Waals surface area (Å²) in [5.41, 5.74) is 2.44. The number of nitrogens with zero attached hydrogens (tertiary/aromatic N) is 1. The van der Waals surface area contributed by atoms with E-state index in [2.05, 4.69) is 15.0 Å². The van der Waals surface area contributed by atoms with Crippen LogP contribution in [0.15, 0.2) is 58.0 Å². The number of methoxy groups -OCH3 is 1. The number of nitrogens with one attached hydrogen (secondary N) is 2. The van der Waals surface area contributed by atoms with Crippen LogP contribution in [0.3, 0.4) is 0 Å². The zero-order valence-corrected chi connectivity index (χ0v) is 17.7. The Labute approximate surface area is 175 Å². The monoisotopic (exact) mass is 429 g/mol. The predicted molar refractivity (Wildman–Crippen MR) is 113 cm³/mol. The van der Waals surface area contributed by atoms with Crippen molar-refractivity contribution in [2.75, 3.05) is 19.0 Å². The fourth-order valence-corrected chi connectivity index (χ4v) is 4.15. The van der Waals surface area contributed by atoms with Gasteiger partial charge in [0.05, 0.1) is 17.7 Å². The molecule has 1 heterocycles. The van der Waals surface area contributed by atoms with Crippen LogP contribution < -0.4 is 14.8 Å². The van der Waals surface area contributed by atoms with Crippen LogP contribution in [0.5, 0.6) is 5.75 Å². The van der Waals surface area contributed by atoms with Gasteiger partial charge in [0.1, 0.15) is 12.0 Å². The molecule has 0 bridgehead atoms. The molecule has 0 aliphatic carbocycles. The molecule has 0 aliphatic heterocycles. The Balaban J connectivity index is 1.64. The molecule has 1 amide bonds. The molecule has 8 nitrogen and oxygen atoms in total. The van der Waals surface area contributed by atoms with Crippen molar-refractivity contribution < 1.29 is 22.4 Å². The largest absolute Gasteiger partial charge is 0.497 e. The molecule has 3 rings (SSSR count). The first kappa shape index (κ1) is 21.5. The zero-order chi connectivity index (χ0) is 21.7. The van der Waals surface area contributed by atoms with Crippen LogP contribution in [0, 0.1) is 6.92 Å². The first-order chi connectivity index (χ1) is 14.3. The highest BCUT2D eigenvalue weighted by Crippen LogP contribution is 2.22. The summed E-state index contributed by atoms with van der Waals surface area (Å²) in [4.78, 5) is 15.7. The Morgan fingerprint density at radius 3 is 2.57 bits per heavy atom. The number of carbonyl (C=O) groups excluding carboxylic acids is 1. The van der Waals surface area contributed by atoms with Crippen molar-refractivity contribution >= 4 is 21.6 Å². The third-order valence-corrected chi connectivity index (χ3v) is 5.96. The number of oxazole rings is 1. The topological polar surface area (TPSA) is 111 Å². The lowest BCUT2D eigenvalue weighted by molar-refractivity contribution is -0.114. The van der Waals surface area contributed by atoms with Gasteiger partial charge in [-0.1, -0.05) is 6.07 Å². The van der Waals surface area contributed by atoms with E-state index in [1.807, 2.05) is 24.3 Å². The van der Waals surface area contributed by atoms with Crippen LogP contribution in [-0.4, -0.2) is 33.0 Å². The number of amides is 1. The summed E-state index contributed by atoms with van der Waals surface area (Å²) in [7, 11) is -2.15. The maximum atomic E-state index is 12.7. The standard InChI is InChI=1S/C21H23N3O5S/c1-14-4-7-17(23-15(2)25)12-20(14)30(26,27)22-11-10-18-13-29-21(24-18)16-5-8-19(28-3)9-6-16/h4-9,12-13,22H,10-11H2,1-3H3,(H,23,25). The number of carbonyl (C=O) groups is 1. The lowest BCUT2D eigenvalue weighted by atomic mass is 10.2. The fraction of sp³-hybridized carbons (Fsp3) is 0.238. The van der Waals surface area contributed by atoms with Gasteiger partial charge < -0.3 is 14.5 Å². The van der Waals surface area contributed by atoms with Gasteiger partial charge >= 0.3 is 0 Å². The molecule has 0 radical (unpaired) electrons. The van der Waals surface area contributed by atoms with Crippen molar-refractivity contribution in [3.63, 3.8) is 0 Å². The van der Waals surface area contributed by atoms with Gasteiger partial charge in [0.2, 0.25) is 21.8 Å². The smallest absolute Gasteiger partial charge is 0.240 e. The molecular formula is C21H23N3O5S. The van der Waals surface area contributed by atoms with E-state index in [9.17, 15) is 13.2 Å². The van der Waals surface area contributed by atoms with Crippen LogP contribution in [0.1, 0.15) is 18.2 Å². The Hall–Kier alpha value is -3.17. The Kier molecular flexibility index (Phi) is 6.53. The quantitative estimate of drug-likeness (QED) is 0.569. The van der Waals surface area contributed by atoms with Gasteiger partial charge in [0.15, 0.2) is 0 Å². The minimum Gasteiger partial charge on any atom is -0.497 e. The van der Waals surface area contributed by atoms with Crippen LogP contribution >= 0.6 is 0 Å². The summed E-state index contributed by atoms with van der Waals surface area (Å²) < 4.78 is 38.6.